The molecule has 3 aromatic rings. The van der Waals surface area contributed by atoms with Crippen LogP contribution < -0.4 is 15.5 Å². The Morgan fingerprint density at radius 3 is 2.81 bits per heavy atom. The standard InChI is InChI=1S/C24H32N6O2/c1-15(2)18-8-4-5-9-20(18)29-21(16(3)31)24(32)28-17-7-6-12-30(13-17)23-19-10-11-25-22(19)26-14-27-23/h4-5,8-11,14-17,21,29,31H,6-7,12-13H2,1-3H3,(H,28,32)(H,25,26,27)/t16-,17+,21+/m0/s1. The predicted molar refractivity (Wildman–Crippen MR) is 127 cm³/mol. The highest BCUT2D eigenvalue weighted by molar-refractivity contribution is 5.88. The second kappa shape index (κ2) is 9.56. The minimum atomic E-state index is -0.837. The van der Waals surface area contributed by atoms with Crippen molar-refractivity contribution in [2.24, 2.45) is 0 Å². The summed E-state index contributed by atoms with van der Waals surface area (Å²) in [6.45, 7) is 7.42. The number of fused-ring (bicyclic) bond motifs is 1. The predicted octanol–water partition coefficient (Wildman–Crippen LogP) is 3.03. The second-order valence-electron chi connectivity index (χ2n) is 8.84. The van der Waals surface area contributed by atoms with Crippen LogP contribution in [0.15, 0.2) is 42.9 Å². The van der Waals surface area contributed by atoms with Crippen LogP contribution in [0.2, 0.25) is 0 Å². The Balaban J connectivity index is 1.46. The molecule has 0 spiro atoms. The number of hydrogen-bond donors (Lipinski definition) is 4. The van der Waals surface area contributed by atoms with Crippen LogP contribution in [0.5, 0.6) is 0 Å². The van der Waals surface area contributed by atoms with Crippen LogP contribution in [0.25, 0.3) is 11.0 Å². The number of nitrogens with zero attached hydrogens (tertiary/aromatic N) is 3. The Labute approximate surface area is 188 Å². The highest BCUT2D eigenvalue weighted by Crippen LogP contribution is 2.26. The van der Waals surface area contributed by atoms with Crippen LogP contribution in [-0.4, -0.2) is 57.2 Å². The summed E-state index contributed by atoms with van der Waals surface area (Å²) in [7, 11) is 0. The lowest BCUT2D eigenvalue weighted by Crippen LogP contribution is -2.54. The van der Waals surface area contributed by atoms with E-state index in [1.165, 1.54) is 0 Å². The molecule has 0 aliphatic carbocycles. The smallest absolute Gasteiger partial charge is 0.245 e. The van der Waals surface area contributed by atoms with Gasteiger partial charge in [-0.3, -0.25) is 4.79 Å². The lowest BCUT2D eigenvalue weighted by atomic mass is 9.99. The zero-order valence-corrected chi connectivity index (χ0v) is 18.9. The molecule has 4 rings (SSSR count). The summed E-state index contributed by atoms with van der Waals surface area (Å²) < 4.78 is 0. The number of anilines is 2. The van der Waals surface area contributed by atoms with E-state index in [1.54, 1.807) is 13.3 Å². The van der Waals surface area contributed by atoms with E-state index in [9.17, 15) is 9.90 Å². The average molecular weight is 437 g/mol. The van der Waals surface area contributed by atoms with Gasteiger partial charge in [-0.15, -0.1) is 0 Å². The largest absolute Gasteiger partial charge is 0.391 e. The molecule has 2 aromatic heterocycles. The number of H-pyrrole nitrogens is 1. The summed E-state index contributed by atoms with van der Waals surface area (Å²) in [5, 5.41) is 17.8. The van der Waals surface area contributed by atoms with E-state index >= 15 is 0 Å². The molecule has 1 aromatic carbocycles. The van der Waals surface area contributed by atoms with Crippen molar-refractivity contribution in [2.75, 3.05) is 23.3 Å². The van der Waals surface area contributed by atoms with E-state index < -0.39 is 12.1 Å². The molecule has 8 heteroatoms. The maximum Gasteiger partial charge on any atom is 0.245 e. The Kier molecular flexibility index (Phi) is 6.60. The van der Waals surface area contributed by atoms with Crippen molar-refractivity contribution in [3.63, 3.8) is 0 Å². The minimum absolute atomic E-state index is 0.0244. The van der Waals surface area contributed by atoms with Gasteiger partial charge in [0.25, 0.3) is 0 Å². The van der Waals surface area contributed by atoms with Gasteiger partial charge in [-0.2, -0.15) is 0 Å². The first-order valence-electron chi connectivity index (χ1n) is 11.3. The Hall–Kier alpha value is -3.13. The number of aromatic nitrogens is 3. The molecule has 1 fully saturated rings. The van der Waals surface area contributed by atoms with Gasteiger partial charge in [-0.05, 0) is 43.4 Å². The molecule has 3 heterocycles. The van der Waals surface area contributed by atoms with E-state index in [-0.39, 0.29) is 11.9 Å². The topological polar surface area (TPSA) is 106 Å². The Bertz CT molecular complexity index is 1060. The average Bonchev–Trinajstić information content (AvgIpc) is 3.26. The van der Waals surface area contributed by atoms with Crippen LogP contribution >= 0.6 is 0 Å². The summed E-state index contributed by atoms with van der Waals surface area (Å²) in [6.07, 6.45) is 4.43. The van der Waals surface area contributed by atoms with Crippen LogP contribution in [0.3, 0.4) is 0 Å². The van der Waals surface area contributed by atoms with Gasteiger partial charge < -0.3 is 25.6 Å². The van der Waals surface area contributed by atoms with Gasteiger partial charge in [0, 0.05) is 31.0 Å². The number of carbonyl (C=O) groups is 1. The van der Waals surface area contributed by atoms with Crippen LogP contribution in [0, 0.1) is 0 Å². The van der Waals surface area contributed by atoms with Crippen LogP contribution in [0.4, 0.5) is 11.5 Å². The van der Waals surface area contributed by atoms with E-state index in [0.29, 0.717) is 12.5 Å². The Morgan fingerprint density at radius 2 is 2.03 bits per heavy atom. The van der Waals surface area contributed by atoms with Crippen molar-refractivity contribution >= 4 is 28.4 Å². The number of aliphatic hydroxyl groups is 1. The SMILES string of the molecule is CC(C)c1ccccc1N[C@@H](C(=O)N[C@@H]1CCCN(c2ncnc3[nH]ccc23)C1)[C@H](C)O. The maximum atomic E-state index is 13.2. The first-order valence-corrected chi connectivity index (χ1v) is 11.3. The summed E-state index contributed by atoms with van der Waals surface area (Å²) in [5.74, 6) is 0.993. The first kappa shape index (κ1) is 22.1. The van der Waals surface area contributed by atoms with Gasteiger partial charge >= 0.3 is 0 Å². The molecule has 0 unspecified atom stereocenters. The summed E-state index contributed by atoms with van der Waals surface area (Å²) in [6, 6.07) is 9.15. The third-order valence-corrected chi connectivity index (χ3v) is 6.06. The maximum absolute atomic E-state index is 13.2. The van der Waals surface area contributed by atoms with Gasteiger partial charge in [0.1, 0.15) is 23.8 Å². The first-order chi connectivity index (χ1) is 15.4. The number of aromatic amines is 1. The second-order valence-corrected chi connectivity index (χ2v) is 8.84. The minimum Gasteiger partial charge on any atom is -0.391 e. The number of aliphatic hydroxyl groups excluding tert-OH is 1. The van der Waals surface area contributed by atoms with Crippen molar-refractivity contribution in [1.29, 1.82) is 0 Å². The molecule has 32 heavy (non-hydrogen) atoms. The molecule has 0 bridgehead atoms. The van der Waals surface area contributed by atoms with Crippen molar-refractivity contribution in [1.82, 2.24) is 20.3 Å². The zero-order chi connectivity index (χ0) is 22.7. The summed E-state index contributed by atoms with van der Waals surface area (Å²) in [5.41, 5.74) is 2.81. The number of benzene rings is 1. The fourth-order valence-corrected chi connectivity index (χ4v) is 4.39. The van der Waals surface area contributed by atoms with Gasteiger partial charge in [-0.1, -0.05) is 32.0 Å². The highest BCUT2D eigenvalue weighted by atomic mass is 16.3. The molecule has 0 saturated carbocycles. The molecule has 8 nitrogen and oxygen atoms in total. The fraction of sp³-hybridized carbons (Fsp3) is 0.458. The zero-order valence-electron chi connectivity index (χ0n) is 18.9. The van der Waals surface area contributed by atoms with E-state index in [0.717, 1.165) is 47.5 Å². The normalized spacial score (nSPS) is 18.5. The fourth-order valence-electron chi connectivity index (χ4n) is 4.39. The van der Waals surface area contributed by atoms with Crippen LogP contribution in [0.1, 0.15) is 45.1 Å². The highest BCUT2D eigenvalue weighted by Gasteiger charge is 2.29. The van der Waals surface area contributed by atoms with Crippen molar-refractivity contribution in [2.45, 2.75) is 57.7 Å². The third-order valence-electron chi connectivity index (χ3n) is 6.06. The van der Waals surface area contributed by atoms with E-state index in [4.69, 9.17) is 0 Å². The number of rotatable bonds is 7. The lowest BCUT2D eigenvalue weighted by molar-refractivity contribution is -0.124. The monoisotopic (exact) mass is 436 g/mol. The number of amides is 1. The van der Waals surface area contributed by atoms with Gasteiger partial charge in [-0.25, -0.2) is 9.97 Å². The summed E-state index contributed by atoms with van der Waals surface area (Å²) >= 11 is 0. The number of nitrogens with one attached hydrogen (secondary N) is 3. The summed E-state index contributed by atoms with van der Waals surface area (Å²) in [4.78, 5) is 27.2. The van der Waals surface area contributed by atoms with Gasteiger partial charge in [0.05, 0.1) is 11.5 Å². The van der Waals surface area contributed by atoms with E-state index in [2.05, 4.69) is 44.3 Å². The third kappa shape index (κ3) is 4.70. The quantitative estimate of drug-likeness (QED) is 0.454. The van der Waals surface area contributed by atoms with Gasteiger partial charge in [0.2, 0.25) is 5.91 Å². The molecule has 170 valence electrons. The molecule has 3 atom stereocenters. The molecule has 1 saturated heterocycles. The number of para-hydroxylation sites is 1. The van der Waals surface area contributed by atoms with Crippen molar-refractivity contribution < 1.29 is 9.90 Å². The molecule has 1 amide bonds. The molecule has 1 aliphatic rings. The Morgan fingerprint density at radius 1 is 1.22 bits per heavy atom. The molecular weight excluding hydrogens is 404 g/mol. The number of carbonyl (C=O) groups excluding carboxylic acids is 1. The molecular formula is C24H32N6O2. The molecule has 4 N–H and O–H groups in total. The molecule has 1 aliphatic heterocycles. The van der Waals surface area contributed by atoms with Crippen molar-refractivity contribution in [3.05, 3.63) is 48.4 Å². The lowest BCUT2D eigenvalue weighted by Gasteiger charge is -2.35. The van der Waals surface area contributed by atoms with Crippen molar-refractivity contribution in [3.8, 4) is 0 Å². The molecule has 0 radical (unpaired) electrons. The van der Waals surface area contributed by atoms with Crippen LogP contribution in [-0.2, 0) is 4.79 Å². The van der Waals surface area contributed by atoms with E-state index in [1.807, 2.05) is 36.5 Å². The van der Waals surface area contributed by atoms with Gasteiger partial charge in [0.15, 0.2) is 0 Å². The number of hydrogen-bond acceptors (Lipinski definition) is 6. The number of piperidine rings is 1.